The van der Waals surface area contributed by atoms with E-state index in [1.807, 2.05) is 0 Å². The van der Waals surface area contributed by atoms with Gasteiger partial charge in [0, 0.05) is 13.2 Å². The summed E-state index contributed by atoms with van der Waals surface area (Å²) in [6.07, 6.45) is 7.23. The third-order valence-electron chi connectivity index (χ3n) is 3.22. The second kappa shape index (κ2) is 4.24. The minimum atomic E-state index is 0.00694. The number of hydrogen-bond acceptors (Lipinski definition) is 2. The first-order valence-electron chi connectivity index (χ1n) is 5.06. The summed E-state index contributed by atoms with van der Waals surface area (Å²) in [5, 5.41) is 0. The van der Waals surface area contributed by atoms with Gasteiger partial charge in [0.15, 0.2) is 0 Å². The van der Waals surface area contributed by atoms with Crippen LogP contribution in [0.5, 0.6) is 0 Å². The summed E-state index contributed by atoms with van der Waals surface area (Å²) in [5.74, 6) is 0. The van der Waals surface area contributed by atoms with E-state index in [-0.39, 0.29) is 11.6 Å². The molecule has 0 aliphatic heterocycles. The molecule has 0 heterocycles. The van der Waals surface area contributed by atoms with Crippen molar-refractivity contribution in [1.82, 2.24) is 0 Å². The zero-order chi connectivity index (χ0) is 9.03. The standard InChI is InChI=1S/C10H21NO/c1-3-9(11)10(12-2)7-5-4-6-8-10/h9H,3-8,11H2,1-2H3. The average Bonchev–Trinajstić information content (AvgIpc) is 2.17. The van der Waals surface area contributed by atoms with Crippen LogP contribution in [0.3, 0.4) is 0 Å². The molecule has 0 aromatic carbocycles. The molecule has 1 aliphatic rings. The predicted molar refractivity (Wildman–Crippen MR) is 51.1 cm³/mol. The summed E-state index contributed by atoms with van der Waals surface area (Å²) in [5.41, 5.74) is 6.08. The highest BCUT2D eigenvalue weighted by Gasteiger charge is 2.36. The van der Waals surface area contributed by atoms with Crippen LogP contribution in [0.1, 0.15) is 45.4 Å². The van der Waals surface area contributed by atoms with Crippen molar-refractivity contribution < 1.29 is 4.74 Å². The second-order valence-electron chi connectivity index (χ2n) is 3.84. The largest absolute Gasteiger partial charge is 0.377 e. The minimum Gasteiger partial charge on any atom is -0.377 e. The lowest BCUT2D eigenvalue weighted by Crippen LogP contribution is -2.50. The molecule has 1 unspecified atom stereocenters. The Morgan fingerprint density at radius 1 is 1.33 bits per heavy atom. The molecule has 1 rings (SSSR count). The van der Waals surface area contributed by atoms with Crippen LogP contribution in [-0.4, -0.2) is 18.8 Å². The Kier molecular flexibility index (Phi) is 3.53. The van der Waals surface area contributed by atoms with Gasteiger partial charge in [0.1, 0.15) is 0 Å². The Morgan fingerprint density at radius 2 is 1.92 bits per heavy atom. The van der Waals surface area contributed by atoms with Crippen molar-refractivity contribution >= 4 is 0 Å². The lowest BCUT2D eigenvalue weighted by molar-refractivity contribution is -0.0591. The van der Waals surface area contributed by atoms with Crippen LogP contribution in [0.25, 0.3) is 0 Å². The van der Waals surface area contributed by atoms with E-state index in [4.69, 9.17) is 10.5 Å². The summed E-state index contributed by atoms with van der Waals surface area (Å²) >= 11 is 0. The predicted octanol–water partition coefficient (Wildman–Crippen LogP) is 2.07. The van der Waals surface area contributed by atoms with Crippen molar-refractivity contribution in [3.8, 4) is 0 Å². The summed E-state index contributed by atoms with van der Waals surface area (Å²) in [6.45, 7) is 2.14. The number of rotatable bonds is 3. The summed E-state index contributed by atoms with van der Waals surface area (Å²) in [4.78, 5) is 0. The maximum Gasteiger partial charge on any atom is 0.0828 e. The quantitative estimate of drug-likeness (QED) is 0.705. The van der Waals surface area contributed by atoms with Crippen molar-refractivity contribution in [3.63, 3.8) is 0 Å². The maximum atomic E-state index is 6.07. The molecule has 0 amide bonds. The molecule has 12 heavy (non-hydrogen) atoms. The Balaban J connectivity index is 2.59. The fraction of sp³-hybridized carbons (Fsp3) is 1.00. The van der Waals surface area contributed by atoms with Crippen molar-refractivity contribution in [3.05, 3.63) is 0 Å². The van der Waals surface area contributed by atoms with Crippen molar-refractivity contribution in [2.45, 2.75) is 57.1 Å². The SMILES string of the molecule is CCC(N)C1(OC)CCCCC1. The Morgan fingerprint density at radius 3 is 2.33 bits per heavy atom. The third kappa shape index (κ3) is 1.80. The van der Waals surface area contributed by atoms with Crippen LogP contribution in [0, 0.1) is 0 Å². The number of nitrogens with two attached hydrogens (primary N) is 1. The highest BCUT2D eigenvalue weighted by Crippen LogP contribution is 2.34. The molecule has 0 saturated heterocycles. The first kappa shape index (κ1) is 10.0. The highest BCUT2D eigenvalue weighted by atomic mass is 16.5. The molecule has 1 aliphatic carbocycles. The van der Waals surface area contributed by atoms with Gasteiger partial charge in [-0.05, 0) is 19.3 Å². The minimum absolute atomic E-state index is 0.00694. The molecule has 0 radical (unpaired) electrons. The molecule has 1 saturated carbocycles. The average molecular weight is 171 g/mol. The van der Waals surface area contributed by atoms with Crippen molar-refractivity contribution in [1.29, 1.82) is 0 Å². The van der Waals surface area contributed by atoms with Gasteiger partial charge in [0.25, 0.3) is 0 Å². The first-order valence-corrected chi connectivity index (χ1v) is 5.06. The van der Waals surface area contributed by atoms with Gasteiger partial charge in [0.05, 0.1) is 5.60 Å². The van der Waals surface area contributed by atoms with E-state index in [1.54, 1.807) is 7.11 Å². The second-order valence-corrected chi connectivity index (χ2v) is 3.84. The molecule has 2 heteroatoms. The molecule has 1 atom stereocenters. The van der Waals surface area contributed by atoms with Gasteiger partial charge >= 0.3 is 0 Å². The fourth-order valence-corrected chi connectivity index (χ4v) is 2.25. The van der Waals surface area contributed by atoms with Gasteiger partial charge in [-0.2, -0.15) is 0 Å². The van der Waals surface area contributed by atoms with Gasteiger partial charge < -0.3 is 10.5 Å². The van der Waals surface area contributed by atoms with Crippen LogP contribution >= 0.6 is 0 Å². The molecule has 0 aromatic rings. The molecular weight excluding hydrogens is 150 g/mol. The maximum absolute atomic E-state index is 6.07. The highest BCUT2D eigenvalue weighted by molar-refractivity contribution is 4.92. The number of ether oxygens (including phenoxy) is 1. The molecule has 0 aromatic heterocycles. The van der Waals surface area contributed by atoms with Crippen LogP contribution in [0.2, 0.25) is 0 Å². The summed E-state index contributed by atoms with van der Waals surface area (Å²) in [6, 6.07) is 0.225. The van der Waals surface area contributed by atoms with Gasteiger partial charge in [-0.1, -0.05) is 26.2 Å². The Hall–Kier alpha value is -0.0800. The van der Waals surface area contributed by atoms with Gasteiger partial charge in [-0.25, -0.2) is 0 Å². The summed E-state index contributed by atoms with van der Waals surface area (Å²) in [7, 11) is 1.81. The lowest BCUT2D eigenvalue weighted by atomic mass is 9.78. The molecular formula is C10H21NO. The first-order chi connectivity index (χ1) is 5.75. The van der Waals surface area contributed by atoms with Crippen LogP contribution in [0.4, 0.5) is 0 Å². The molecule has 2 nitrogen and oxygen atoms in total. The zero-order valence-corrected chi connectivity index (χ0v) is 8.31. The molecule has 72 valence electrons. The van der Waals surface area contributed by atoms with Crippen molar-refractivity contribution in [2.24, 2.45) is 5.73 Å². The normalized spacial score (nSPS) is 25.2. The molecule has 0 spiro atoms. The van der Waals surface area contributed by atoms with E-state index in [0.717, 1.165) is 19.3 Å². The van der Waals surface area contributed by atoms with E-state index in [2.05, 4.69) is 6.92 Å². The number of hydrogen-bond donors (Lipinski definition) is 1. The third-order valence-corrected chi connectivity index (χ3v) is 3.22. The molecule has 2 N–H and O–H groups in total. The van der Waals surface area contributed by atoms with E-state index in [1.165, 1.54) is 19.3 Å². The van der Waals surface area contributed by atoms with Gasteiger partial charge in [0.2, 0.25) is 0 Å². The van der Waals surface area contributed by atoms with E-state index < -0.39 is 0 Å². The number of methoxy groups -OCH3 is 1. The molecule has 1 fully saturated rings. The molecule has 0 bridgehead atoms. The van der Waals surface area contributed by atoms with E-state index in [0.29, 0.717) is 0 Å². The lowest BCUT2D eigenvalue weighted by Gasteiger charge is -2.40. The van der Waals surface area contributed by atoms with Crippen molar-refractivity contribution in [2.75, 3.05) is 7.11 Å². The van der Waals surface area contributed by atoms with E-state index in [9.17, 15) is 0 Å². The zero-order valence-electron chi connectivity index (χ0n) is 8.31. The van der Waals surface area contributed by atoms with Gasteiger partial charge in [-0.15, -0.1) is 0 Å². The Labute approximate surface area is 75.5 Å². The van der Waals surface area contributed by atoms with Crippen LogP contribution in [0.15, 0.2) is 0 Å². The smallest absolute Gasteiger partial charge is 0.0828 e. The summed E-state index contributed by atoms with van der Waals surface area (Å²) < 4.78 is 5.61. The van der Waals surface area contributed by atoms with E-state index >= 15 is 0 Å². The van der Waals surface area contributed by atoms with Crippen LogP contribution < -0.4 is 5.73 Å². The monoisotopic (exact) mass is 171 g/mol. The van der Waals surface area contributed by atoms with Crippen LogP contribution in [-0.2, 0) is 4.74 Å². The fourth-order valence-electron chi connectivity index (χ4n) is 2.25. The topological polar surface area (TPSA) is 35.2 Å². The van der Waals surface area contributed by atoms with Gasteiger partial charge in [-0.3, -0.25) is 0 Å². The Bertz CT molecular complexity index is 130.